The number of nitrogens with zero attached hydrogens (tertiary/aromatic N) is 3. The number of hydrogen-bond acceptors (Lipinski definition) is 3. The molecule has 0 spiro atoms. The second kappa shape index (κ2) is 8.50. The summed E-state index contributed by atoms with van der Waals surface area (Å²) in [4.78, 5) is 22.6. The van der Waals surface area contributed by atoms with Crippen molar-refractivity contribution in [1.29, 1.82) is 0 Å². The molecular weight excluding hydrogens is 370 g/mol. The lowest BCUT2D eigenvalue weighted by molar-refractivity contribution is 0.0708. The number of piperidine rings is 1. The van der Waals surface area contributed by atoms with Crippen molar-refractivity contribution in [2.45, 2.75) is 70.4 Å². The zero-order valence-electron chi connectivity index (χ0n) is 18.9. The Morgan fingerprint density at radius 3 is 2.50 bits per heavy atom. The van der Waals surface area contributed by atoms with Crippen LogP contribution in [0.15, 0.2) is 42.5 Å². The first-order chi connectivity index (χ1) is 14.3. The Balaban J connectivity index is 1.49. The first kappa shape index (κ1) is 21.0. The van der Waals surface area contributed by atoms with Crippen molar-refractivity contribution < 1.29 is 4.79 Å². The van der Waals surface area contributed by atoms with E-state index in [0.29, 0.717) is 11.6 Å². The van der Waals surface area contributed by atoms with E-state index in [9.17, 15) is 4.79 Å². The summed E-state index contributed by atoms with van der Waals surface area (Å²) < 4.78 is 0. The summed E-state index contributed by atoms with van der Waals surface area (Å²) >= 11 is 0. The van der Waals surface area contributed by atoms with Crippen LogP contribution < -0.4 is 0 Å². The van der Waals surface area contributed by atoms with Crippen LogP contribution in [-0.2, 0) is 6.42 Å². The Morgan fingerprint density at radius 1 is 1.03 bits per heavy atom. The second-order valence-corrected chi connectivity index (χ2v) is 9.90. The number of aryl methyl sites for hydroxylation is 1. The molecule has 1 aliphatic carbocycles. The van der Waals surface area contributed by atoms with E-state index in [1.165, 1.54) is 11.1 Å². The predicted octanol–water partition coefficient (Wildman–Crippen LogP) is 5.21. The molecule has 2 heterocycles. The van der Waals surface area contributed by atoms with Crippen molar-refractivity contribution >= 4 is 5.91 Å². The van der Waals surface area contributed by atoms with Gasteiger partial charge in [-0.3, -0.25) is 9.69 Å². The van der Waals surface area contributed by atoms with E-state index < -0.39 is 0 Å². The number of benzene rings is 1. The quantitative estimate of drug-likeness (QED) is 0.703. The summed E-state index contributed by atoms with van der Waals surface area (Å²) in [6.07, 6.45) is 5.46. The molecule has 1 aliphatic heterocycles. The summed E-state index contributed by atoms with van der Waals surface area (Å²) in [7, 11) is 1.94. The average molecular weight is 406 g/mol. The maximum atomic E-state index is 13.3. The average Bonchev–Trinajstić information content (AvgIpc) is 2.77. The largest absolute Gasteiger partial charge is 0.333 e. The Bertz CT molecular complexity index is 893. The van der Waals surface area contributed by atoms with Crippen molar-refractivity contribution in [3.63, 3.8) is 0 Å². The monoisotopic (exact) mass is 405 g/mol. The minimum atomic E-state index is 0.0330. The van der Waals surface area contributed by atoms with E-state index in [4.69, 9.17) is 4.98 Å². The smallest absolute Gasteiger partial charge is 0.272 e. The number of fused-ring (bicyclic) bond motifs is 1. The summed E-state index contributed by atoms with van der Waals surface area (Å²) in [5, 5.41) is 0. The highest BCUT2D eigenvalue weighted by Crippen LogP contribution is 2.34. The SMILES string of the molecule is CN(C(=O)c1cccc(C2CCN(C(C)(C)C)CC2)n1)C1CCCc2ccccc21. The van der Waals surface area contributed by atoms with Crippen LogP contribution in [0.1, 0.15) is 85.7 Å². The minimum absolute atomic E-state index is 0.0330. The van der Waals surface area contributed by atoms with E-state index in [1.807, 2.05) is 24.1 Å². The van der Waals surface area contributed by atoms with E-state index >= 15 is 0 Å². The maximum absolute atomic E-state index is 13.3. The number of hydrogen-bond donors (Lipinski definition) is 0. The van der Waals surface area contributed by atoms with Crippen LogP contribution in [0.4, 0.5) is 0 Å². The van der Waals surface area contributed by atoms with E-state index in [0.717, 1.165) is 50.9 Å². The zero-order valence-corrected chi connectivity index (χ0v) is 18.9. The molecule has 0 bridgehead atoms. The molecule has 0 saturated carbocycles. The van der Waals surface area contributed by atoms with Gasteiger partial charge in [-0.1, -0.05) is 30.3 Å². The maximum Gasteiger partial charge on any atom is 0.272 e. The summed E-state index contributed by atoms with van der Waals surface area (Å²) in [5.74, 6) is 0.475. The molecule has 2 aliphatic rings. The zero-order chi connectivity index (χ0) is 21.3. The van der Waals surface area contributed by atoms with Crippen LogP contribution in [0.2, 0.25) is 0 Å². The third kappa shape index (κ3) is 4.29. The number of likely N-dealkylation sites (tertiary alicyclic amines) is 1. The fourth-order valence-corrected chi connectivity index (χ4v) is 5.10. The van der Waals surface area contributed by atoms with Gasteiger partial charge in [0, 0.05) is 24.2 Å². The number of aromatic nitrogens is 1. The fourth-order valence-electron chi connectivity index (χ4n) is 5.10. The molecule has 160 valence electrons. The third-order valence-electron chi connectivity index (χ3n) is 6.98. The number of pyridine rings is 1. The molecule has 4 nitrogen and oxygen atoms in total. The van der Waals surface area contributed by atoms with Gasteiger partial charge in [0.15, 0.2) is 0 Å². The van der Waals surface area contributed by atoms with Crippen LogP contribution in [0, 0.1) is 0 Å². The number of rotatable bonds is 3. The number of amides is 1. The van der Waals surface area contributed by atoms with E-state index in [1.54, 1.807) is 0 Å². The first-order valence-corrected chi connectivity index (χ1v) is 11.4. The highest BCUT2D eigenvalue weighted by Gasteiger charge is 2.30. The van der Waals surface area contributed by atoms with Crippen LogP contribution in [-0.4, -0.2) is 46.4 Å². The Hall–Kier alpha value is -2.20. The molecule has 1 fully saturated rings. The number of carbonyl (C=O) groups is 1. The van der Waals surface area contributed by atoms with Gasteiger partial charge in [-0.05, 0) is 89.2 Å². The Labute approximate surface area is 181 Å². The van der Waals surface area contributed by atoms with Crippen molar-refractivity contribution in [3.05, 3.63) is 65.0 Å². The molecule has 1 saturated heterocycles. The van der Waals surface area contributed by atoms with Gasteiger partial charge in [0.2, 0.25) is 0 Å². The molecular formula is C26H35N3O. The first-order valence-electron chi connectivity index (χ1n) is 11.4. The highest BCUT2D eigenvalue weighted by molar-refractivity contribution is 5.92. The molecule has 2 aromatic rings. The third-order valence-corrected chi connectivity index (χ3v) is 6.98. The van der Waals surface area contributed by atoms with Gasteiger partial charge in [0.25, 0.3) is 5.91 Å². The Morgan fingerprint density at radius 2 is 1.77 bits per heavy atom. The summed E-state index contributed by atoms with van der Waals surface area (Å²) in [5.41, 5.74) is 4.55. The fraction of sp³-hybridized carbons (Fsp3) is 0.538. The number of carbonyl (C=O) groups excluding carboxylic acids is 1. The standard InChI is InChI=1S/C26H35N3O/c1-26(2,3)29-17-15-20(16-18-29)22-12-8-13-23(27-22)25(30)28(4)24-14-7-10-19-9-5-6-11-21(19)24/h5-6,8-9,11-13,20,24H,7,10,14-18H2,1-4H3. The van der Waals surface area contributed by atoms with E-state index in [2.05, 4.69) is 56.0 Å². The van der Waals surface area contributed by atoms with Gasteiger partial charge in [0.1, 0.15) is 5.69 Å². The van der Waals surface area contributed by atoms with Gasteiger partial charge < -0.3 is 4.90 Å². The highest BCUT2D eigenvalue weighted by atomic mass is 16.2. The topological polar surface area (TPSA) is 36.4 Å². The van der Waals surface area contributed by atoms with Gasteiger partial charge >= 0.3 is 0 Å². The summed E-state index contributed by atoms with van der Waals surface area (Å²) in [6.45, 7) is 9.03. The predicted molar refractivity (Wildman–Crippen MR) is 122 cm³/mol. The molecule has 1 amide bonds. The van der Waals surface area contributed by atoms with Gasteiger partial charge in [-0.15, -0.1) is 0 Å². The molecule has 1 aromatic carbocycles. The summed E-state index contributed by atoms with van der Waals surface area (Å²) in [6, 6.07) is 14.7. The van der Waals surface area contributed by atoms with E-state index in [-0.39, 0.29) is 17.5 Å². The van der Waals surface area contributed by atoms with Crippen molar-refractivity contribution in [3.8, 4) is 0 Å². The van der Waals surface area contributed by atoms with Crippen molar-refractivity contribution in [1.82, 2.24) is 14.8 Å². The molecule has 4 heteroatoms. The van der Waals surface area contributed by atoms with Crippen LogP contribution in [0.5, 0.6) is 0 Å². The second-order valence-electron chi connectivity index (χ2n) is 9.90. The molecule has 0 N–H and O–H groups in total. The minimum Gasteiger partial charge on any atom is -0.333 e. The van der Waals surface area contributed by atoms with Crippen LogP contribution in [0.3, 0.4) is 0 Å². The molecule has 0 radical (unpaired) electrons. The molecule has 30 heavy (non-hydrogen) atoms. The molecule has 1 atom stereocenters. The molecule has 1 unspecified atom stereocenters. The van der Waals surface area contributed by atoms with Gasteiger partial charge in [-0.2, -0.15) is 0 Å². The lowest BCUT2D eigenvalue weighted by Gasteiger charge is -2.40. The molecule has 4 rings (SSSR count). The normalized spacial score (nSPS) is 20.6. The van der Waals surface area contributed by atoms with Crippen molar-refractivity contribution in [2.75, 3.05) is 20.1 Å². The van der Waals surface area contributed by atoms with Gasteiger partial charge in [0.05, 0.1) is 6.04 Å². The lowest BCUT2D eigenvalue weighted by Crippen LogP contribution is -2.45. The van der Waals surface area contributed by atoms with Crippen LogP contribution in [0.25, 0.3) is 0 Å². The lowest BCUT2D eigenvalue weighted by atomic mass is 9.87. The Kier molecular flexibility index (Phi) is 5.97. The van der Waals surface area contributed by atoms with Gasteiger partial charge in [-0.25, -0.2) is 4.98 Å². The molecule has 1 aromatic heterocycles. The van der Waals surface area contributed by atoms with Crippen molar-refractivity contribution in [2.24, 2.45) is 0 Å². The van der Waals surface area contributed by atoms with Crippen LogP contribution >= 0.6 is 0 Å².